The van der Waals surface area contributed by atoms with Crippen LogP contribution in [0.15, 0.2) is 54.1 Å². The van der Waals surface area contributed by atoms with E-state index in [1.807, 2.05) is 0 Å². The second-order valence-electron chi connectivity index (χ2n) is 6.02. The van der Waals surface area contributed by atoms with E-state index in [9.17, 15) is 19.6 Å². The van der Waals surface area contributed by atoms with Gasteiger partial charge < -0.3 is 15.4 Å². The van der Waals surface area contributed by atoms with Gasteiger partial charge in [0.1, 0.15) is 11.6 Å². The third-order valence-electron chi connectivity index (χ3n) is 3.65. The van der Waals surface area contributed by atoms with Gasteiger partial charge in [0.2, 0.25) is 5.91 Å². The Morgan fingerprint density at radius 2 is 1.59 bits per heavy atom. The maximum atomic E-state index is 12.2. The Morgan fingerprint density at radius 3 is 2.10 bits per heavy atom. The van der Waals surface area contributed by atoms with Gasteiger partial charge in [-0.25, -0.2) is 4.79 Å². The van der Waals surface area contributed by atoms with Crippen molar-refractivity contribution in [3.05, 3.63) is 64.7 Å². The third kappa shape index (κ3) is 6.79. The highest BCUT2D eigenvalue weighted by Gasteiger charge is 2.20. The number of halogens is 1. The van der Waals surface area contributed by atoms with Crippen molar-refractivity contribution >= 4 is 46.8 Å². The summed E-state index contributed by atoms with van der Waals surface area (Å²) in [6.45, 7) is 2.79. The van der Waals surface area contributed by atoms with Crippen LogP contribution in [0.1, 0.15) is 19.4 Å². The summed E-state index contributed by atoms with van der Waals surface area (Å²) < 4.78 is 5.08. The summed E-state index contributed by atoms with van der Waals surface area (Å²) in [5.41, 5.74) is 1.40. The summed E-state index contributed by atoms with van der Waals surface area (Å²) in [5, 5.41) is 14.9. The number of carbonyl (C=O) groups excluding carboxylic acids is 3. The van der Waals surface area contributed by atoms with E-state index in [0.29, 0.717) is 22.0 Å². The molecular weight excluding hydrogens is 394 g/mol. The van der Waals surface area contributed by atoms with Crippen LogP contribution >= 0.6 is 11.6 Å². The van der Waals surface area contributed by atoms with E-state index in [4.69, 9.17) is 16.3 Å². The number of nitriles is 1. The molecule has 8 heteroatoms. The lowest BCUT2D eigenvalue weighted by atomic mass is 10.1. The highest BCUT2D eigenvalue weighted by Crippen LogP contribution is 2.15. The Balaban J connectivity index is 1.98. The van der Waals surface area contributed by atoms with Crippen molar-refractivity contribution in [1.82, 2.24) is 0 Å². The summed E-state index contributed by atoms with van der Waals surface area (Å²) in [4.78, 5) is 35.5. The monoisotopic (exact) mass is 411 g/mol. The van der Waals surface area contributed by atoms with Crippen LogP contribution in [0.25, 0.3) is 6.08 Å². The van der Waals surface area contributed by atoms with Gasteiger partial charge in [0.05, 0.1) is 0 Å². The maximum Gasteiger partial charge on any atom is 0.349 e. The normalized spacial score (nSPS) is 11.7. The number of hydrogen-bond acceptors (Lipinski definition) is 5. The first-order chi connectivity index (χ1) is 13.8. The minimum atomic E-state index is -1.13. The van der Waals surface area contributed by atoms with E-state index in [1.165, 1.54) is 19.9 Å². The van der Waals surface area contributed by atoms with Crippen LogP contribution in [-0.2, 0) is 19.1 Å². The second-order valence-corrected chi connectivity index (χ2v) is 6.45. The van der Waals surface area contributed by atoms with Crippen molar-refractivity contribution in [1.29, 1.82) is 5.26 Å². The average Bonchev–Trinajstić information content (AvgIpc) is 2.68. The Hall–Kier alpha value is -3.63. The van der Waals surface area contributed by atoms with Crippen molar-refractivity contribution < 1.29 is 19.1 Å². The molecule has 2 N–H and O–H groups in total. The molecule has 0 aromatic heterocycles. The Kier molecular flexibility index (Phi) is 7.52. The standard InChI is InChI=1S/C21H18ClN3O4/c1-13(20(27)25-19-9-7-18(8-10-19)24-14(2)26)29-21(28)16(12-23)11-15-3-5-17(22)6-4-15/h3-11,13H,1-2H3,(H,24,26)(H,25,27)/b16-11+/t13-/m0/s1. The van der Waals surface area contributed by atoms with Crippen LogP contribution in [0.4, 0.5) is 11.4 Å². The van der Waals surface area contributed by atoms with Crippen molar-refractivity contribution in [2.24, 2.45) is 0 Å². The van der Waals surface area contributed by atoms with Gasteiger partial charge >= 0.3 is 5.97 Å². The SMILES string of the molecule is CC(=O)Nc1ccc(NC(=O)[C@H](C)OC(=O)/C(C#N)=C/c2ccc(Cl)cc2)cc1. The molecule has 2 aromatic carbocycles. The quantitative estimate of drug-likeness (QED) is 0.427. The van der Waals surface area contributed by atoms with E-state index < -0.39 is 18.0 Å². The summed E-state index contributed by atoms with van der Waals surface area (Å²) in [6.07, 6.45) is 0.226. The molecule has 29 heavy (non-hydrogen) atoms. The highest BCUT2D eigenvalue weighted by atomic mass is 35.5. The number of benzene rings is 2. The fourth-order valence-corrected chi connectivity index (χ4v) is 2.35. The number of ether oxygens (including phenoxy) is 1. The first-order valence-corrected chi connectivity index (χ1v) is 8.93. The van der Waals surface area contributed by atoms with Crippen LogP contribution in [0.3, 0.4) is 0 Å². The third-order valence-corrected chi connectivity index (χ3v) is 3.90. The molecule has 0 bridgehead atoms. The van der Waals surface area contributed by atoms with E-state index in [0.717, 1.165) is 0 Å². The van der Waals surface area contributed by atoms with Crippen LogP contribution in [-0.4, -0.2) is 23.9 Å². The molecule has 1 atom stereocenters. The van der Waals surface area contributed by atoms with Gasteiger partial charge in [-0.15, -0.1) is 0 Å². The fraction of sp³-hybridized carbons (Fsp3) is 0.143. The van der Waals surface area contributed by atoms with Crippen LogP contribution in [0.2, 0.25) is 5.02 Å². The lowest BCUT2D eigenvalue weighted by molar-refractivity contribution is -0.148. The minimum Gasteiger partial charge on any atom is -0.448 e. The van der Waals surface area contributed by atoms with Crippen molar-refractivity contribution in [3.63, 3.8) is 0 Å². The minimum absolute atomic E-state index is 0.206. The van der Waals surface area contributed by atoms with Crippen molar-refractivity contribution in [2.75, 3.05) is 10.6 Å². The van der Waals surface area contributed by atoms with Gasteiger partial charge in [-0.1, -0.05) is 23.7 Å². The predicted molar refractivity (Wildman–Crippen MR) is 110 cm³/mol. The molecule has 0 radical (unpaired) electrons. The molecule has 2 aromatic rings. The molecule has 0 unspecified atom stereocenters. The Morgan fingerprint density at radius 1 is 1.03 bits per heavy atom. The molecule has 0 aliphatic rings. The molecule has 7 nitrogen and oxygen atoms in total. The van der Waals surface area contributed by atoms with Crippen LogP contribution in [0, 0.1) is 11.3 Å². The molecule has 0 heterocycles. The largest absolute Gasteiger partial charge is 0.448 e. The molecule has 2 rings (SSSR count). The predicted octanol–water partition coefficient (Wildman–Crippen LogP) is 3.78. The second kappa shape index (κ2) is 10.1. The summed E-state index contributed by atoms with van der Waals surface area (Å²) in [5.74, 6) is -1.68. The highest BCUT2D eigenvalue weighted by molar-refractivity contribution is 6.30. The molecule has 0 aliphatic carbocycles. The topological polar surface area (TPSA) is 108 Å². The summed E-state index contributed by atoms with van der Waals surface area (Å²) >= 11 is 5.81. The number of esters is 1. The first kappa shape index (κ1) is 21.7. The molecule has 2 amide bonds. The lowest BCUT2D eigenvalue weighted by Gasteiger charge is -2.13. The van der Waals surface area contributed by atoms with Crippen molar-refractivity contribution in [2.45, 2.75) is 20.0 Å². The first-order valence-electron chi connectivity index (χ1n) is 8.55. The van der Waals surface area contributed by atoms with Gasteiger partial charge in [0.25, 0.3) is 5.91 Å². The van der Waals surface area contributed by atoms with Crippen molar-refractivity contribution in [3.8, 4) is 6.07 Å². The number of amides is 2. The maximum absolute atomic E-state index is 12.2. The average molecular weight is 412 g/mol. The summed E-state index contributed by atoms with van der Waals surface area (Å²) in [7, 11) is 0. The number of anilines is 2. The van der Waals surface area contributed by atoms with E-state index in [2.05, 4.69) is 10.6 Å². The number of nitrogens with one attached hydrogen (secondary N) is 2. The summed E-state index contributed by atoms with van der Waals surface area (Å²) in [6, 6.07) is 14.7. The molecular formula is C21H18ClN3O4. The van der Waals surface area contributed by atoms with E-state index in [-0.39, 0.29) is 11.5 Å². The Bertz CT molecular complexity index is 976. The Labute approximate surface area is 172 Å². The number of rotatable bonds is 6. The number of nitrogens with zero attached hydrogens (tertiary/aromatic N) is 1. The lowest BCUT2D eigenvalue weighted by Crippen LogP contribution is -2.30. The molecule has 148 valence electrons. The zero-order valence-electron chi connectivity index (χ0n) is 15.7. The number of hydrogen-bond donors (Lipinski definition) is 2. The molecule has 0 spiro atoms. The van der Waals surface area contributed by atoms with Crippen LogP contribution in [0.5, 0.6) is 0 Å². The van der Waals surface area contributed by atoms with Gasteiger partial charge in [0.15, 0.2) is 6.10 Å². The van der Waals surface area contributed by atoms with Gasteiger partial charge in [-0.3, -0.25) is 9.59 Å². The van der Waals surface area contributed by atoms with Gasteiger partial charge in [-0.2, -0.15) is 5.26 Å². The molecule has 0 saturated carbocycles. The van der Waals surface area contributed by atoms with Crippen LogP contribution < -0.4 is 10.6 Å². The fourth-order valence-electron chi connectivity index (χ4n) is 2.22. The molecule has 0 saturated heterocycles. The smallest absolute Gasteiger partial charge is 0.349 e. The zero-order valence-corrected chi connectivity index (χ0v) is 16.5. The van der Waals surface area contributed by atoms with Gasteiger partial charge in [0, 0.05) is 23.3 Å². The molecule has 0 fully saturated rings. The van der Waals surface area contributed by atoms with E-state index >= 15 is 0 Å². The zero-order chi connectivity index (χ0) is 21.4. The van der Waals surface area contributed by atoms with E-state index in [1.54, 1.807) is 54.6 Å². The molecule has 0 aliphatic heterocycles. The van der Waals surface area contributed by atoms with Gasteiger partial charge in [-0.05, 0) is 55.0 Å². The number of carbonyl (C=O) groups is 3.